The van der Waals surface area contributed by atoms with Gasteiger partial charge in [-0.1, -0.05) is 18.5 Å². The third kappa shape index (κ3) is 3.69. The summed E-state index contributed by atoms with van der Waals surface area (Å²) in [6.45, 7) is 2.20. The van der Waals surface area contributed by atoms with Crippen LogP contribution in [0, 0.1) is 0 Å². The predicted octanol–water partition coefficient (Wildman–Crippen LogP) is 0.0718. The van der Waals surface area contributed by atoms with Crippen LogP contribution in [0.25, 0.3) is 0 Å². The summed E-state index contributed by atoms with van der Waals surface area (Å²) in [4.78, 5) is 11.7. The molecule has 0 saturated carbocycles. The van der Waals surface area contributed by atoms with Crippen LogP contribution in [0.15, 0.2) is 11.0 Å². The van der Waals surface area contributed by atoms with E-state index >= 15 is 0 Å². The van der Waals surface area contributed by atoms with Crippen molar-refractivity contribution in [1.29, 1.82) is 0 Å². The SMILES string of the molecule is CCCn1ncc(NCC(O)CO)c(Cl)c1=O. The first kappa shape index (κ1) is 14.0. The zero-order chi connectivity index (χ0) is 12.8. The second-order valence-electron chi connectivity index (χ2n) is 3.62. The Kier molecular flexibility index (Phi) is 5.40. The van der Waals surface area contributed by atoms with Crippen LogP contribution < -0.4 is 10.9 Å². The molecule has 0 aliphatic heterocycles. The van der Waals surface area contributed by atoms with Gasteiger partial charge in [-0.2, -0.15) is 5.10 Å². The Morgan fingerprint density at radius 1 is 1.65 bits per heavy atom. The molecule has 6 nitrogen and oxygen atoms in total. The highest BCUT2D eigenvalue weighted by Gasteiger charge is 2.09. The maximum atomic E-state index is 11.7. The van der Waals surface area contributed by atoms with Crippen molar-refractivity contribution in [2.45, 2.75) is 26.0 Å². The minimum atomic E-state index is -0.899. The van der Waals surface area contributed by atoms with Crippen molar-refractivity contribution in [3.8, 4) is 0 Å². The third-order valence-corrected chi connectivity index (χ3v) is 2.52. The van der Waals surface area contributed by atoms with Crippen molar-refractivity contribution >= 4 is 17.3 Å². The molecule has 0 amide bonds. The van der Waals surface area contributed by atoms with Gasteiger partial charge in [0.15, 0.2) is 0 Å². The number of aliphatic hydroxyl groups excluding tert-OH is 2. The topological polar surface area (TPSA) is 87.4 Å². The van der Waals surface area contributed by atoms with E-state index in [1.54, 1.807) is 0 Å². The van der Waals surface area contributed by atoms with E-state index in [4.69, 9.17) is 21.8 Å². The number of nitrogens with zero attached hydrogens (tertiary/aromatic N) is 2. The van der Waals surface area contributed by atoms with Crippen LogP contribution in [0.3, 0.4) is 0 Å². The van der Waals surface area contributed by atoms with Gasteiger partial charge < -0.3 is 15.5 Å². The summed E-state index contributed by atoms with van der Waals surface area (Å²) in [5, 5.41) is 24.5. The fourth-order valence-corrected chi connectivity index (χ4v) is 1.46. The van der Waals surface area contributed by atoms with E-state index in [0.717, 1.165) is 6.42 Å². The molecular weight excluding hydrogens is 246 g/mol. The molecule has 1 rings (SSSR count). The minimum Gasteiger partial charge on any atom is -0.394 e. The van der Waals surface area contributed by atoms with Crippen LogP contribution in [0.2, 0.25) is 5.02 Å². The fraction of sp³-hybridized carbons (Fsp3) is 0.600. The monoisotopic (exact) mass is 261 g/mol. The molecule has 1 heterocycles. The molecular formula is C10H16ClN3O3. The second kappa shape index (κ2) is 6.58. The first-order valence-corrected chi connectivity index (χ1v) is 5.76. The van der Waals surface area contributed by atoms with E-state index in [9.17, 15) is 4.79 Å². The van der Waals surface area contributed by atoms with Gasteiger partial charge in [0.25, 0.3) is 5.56 Å². The summed E-state index contributed by atoms with van der Waals surface area (Å²) in [7, 11) is 0. The number of aromatic nitrogens is 2. The van der Waals surface area contributed by atoms with Crippen LogP contribution >= 0.6 is 11.6 Å². The van der Waals surface area contributed by atoms with Crippen molar-refractivity contribution in [3.63, 3.8) is 0 Å². The van der Waals surface area contributed by atoms with E-state index < -0.39 is 6.10 Å². The molecule has 0 aliphatic rings. The summed E-state index contributed by atoms with van der Waals surface area (Å²) in [6, 6.07) is 0. The van der Waals surface area contributed by atoms with Gasteiger partial charge in [0.1, 0.15) is 5.02 Å². The van der Waals surface area contributed by atoms with Gasteiger partial charge in [0.2, 0.25) is 0 Å². The quantitative estimate of drug-likeness (QED) is 0.675. The first-order chi connectivity index (χ1) is 8.10. The van der Waals surface area contributed by atoms with Crippen LogP contribution in [0.4, 0.5) is 5.69 Å². The predicted molar refractivity (Wildman–Crippen MR) is 65.4 cm³/mol. The van der Waals surface area contributed by atoms with Crippen LogP contribution in [0.5, 0.6) is 0 Å². The number of anilines is 1. The summed E-state index contributed by atoms with van der Waals surface area (Å²) in [5.74, 6) is 0. The summed E-state index contributed by atoms with van der Waals surface area (Å²) < 4.78 is 1.29. The molecule has 0 saturated heterocycles. The third-order valence-electron chi connectivity index (χ3n) is 2.16. The molecule has 1 atom stereocenters. The number of hydrogen-bond acceptors (Lipinski definition) is 5. The van der Waals surface area contributed by atoms with Crippen molar-refractivity contribution in [3.05, 3.63) is 21.6 Å². The molecule has 0 fully saturated rings. The van der Waals surface area contributed by atoms with E-state index in [1.165, 1.54) is 10.9 Å². The maximum absolute atomic E-state index is 11.7. The Morgan fingerprint density at radius 2 is 2.35 bits per heavy atom. The highest BCUT2D eigenvalue weighted by atomic mass is 35.5. The number of halogens is 1. The molecule has 3 N–H and O–H groups in total. The van der Waals surface area contributed by atoms with Gasteiger partial charge in [-0.15, -0.1) is 0 Å². The summed E-state index contributed by atoms with van der Waals surface area (Å²) in [5.41, 5.74) is -0.00600. The van der Waals surface area contributed by atoms with E-state index in [-0.39, 0.29) is 23.7 Å². The number of hydrogen-bond donors (Lipinski definition) is 3. The average molecular weight is 262 g/mol. The molecule has 96 valence electrons. The second-order valence-corrected chi connectivity index (χ2v) is 4.00. The smallest absolute Gasteiger partial charge is 0.287 e. The van der Waals surface area contributed by atoms with Gasteiger partial charge in [0.05, 0.1) is 24.6 Å². The molecule has 0 aliphatic carbocycles. The highest BCUT2D eigenvalue weighted by Crippen LogP contribution is 2.14. The van der Waals surface area contributed by atoms with Gasteiger partial charge in [-0.3, -0.25) is 4.79 Å². The zero-order valence-electron chi connectivity index (χ0n) is 9.56. The van der Waals surface area contributed by atoms with Crippen LogP contribution in [-0.4, -0.2) is 39.2 Å². The maximum Gasteiger partial charge on any atom is 0.287 e. The molecule has 17 heavy (non-hydrogen) atoms. The Morgan fingerprint density at radius 3 is 2.94 bits per heavy atom. The zero-order valence-corrected chi connectivity index (χ0v) is 10.3. The Labute approximate surface area is 104 Å². The van der Waals surface area contributed by atoms with E-state index in [2.05, 4.69) is 10.4 Å². The van der Waals surface area contributed by atoms with Crippen molar-refractivity contribution in [2.24, 2.45) is 0 Å². The molecule has 1 aromatic rings. The first-order valence-electron chi connectivity index (χ1n) is 5.38. The van der Waals surface area contributed by atoms with Crippen LogP contribution in [-0.2, 0) is 6.54 Å². The van der Waals surface area contributed by atoms with E-state index in [0.29, 0.717) is 12.2 Å². The molecule has 1 unspecified atom stereocenters. The molecule has 7 heteroatoms. The lowest BCUT2D eigenvalue weighted by Crippen LogP contribution is -2.27. The Hall–Kier alpha value is -1.11. The van der Waals surface area contributed by atoms with Crippen molar-refractivity contribution in [1.82, 2.24) is 9.78 Å². The molecule has 0 radical (unpaired) electrons. The van der Waals surface area contributed by atoms with Crippen LogP contribution in [0.1, 0.15) is 13.3 Å². The van der Waals surface area contributed by atoms with Gasteiger partial charge in [0, 0.05) is 13.1 Å². The molecule has 0 bridgehead atoms. The van der Waals surface area contributed by atoms with Gasteiger partial charge in [-0.25, -0.2) is 4.68 Å². The minimum absolute atomic E-state index is 0.0404. The normalized spacial score (nSPS) is 12.5. The summed E-state index contributed by atoms with van der Waals surface area (Å²) >= 11 is 5.88. The number of aryl methyl sites for hydroxylation is 1. The number of rotatable bonds is 6. The lowest BCUT2D eigenvalue weighted by atomic mass is 10.3. The molecule has 0 spiro atoms. The van der Waals surface area contributed by atoms with E-state index in [1.807, 2.05) is 6.92 Å². The largest absolute Gasteiger partial charge is 0.394 e. The fourth-order valence-electron chi connectivity index (χ4n) is 1.25. The number of aliphatic hydroxyl groups is 2. The standard InChI is InChI=1S/C10H16ClN3O3/c1-2-3-14-10(17)9(11)8(5-13-14)12-4-7(16)6-15/h5,7,12,15-16H,2-4,6H2,1H3. The Balaban J connectivity index is 2.82. The summed E-state index contributed by atoms with van der Waals surface area (Å²) in [6.07, 6.45) is 1.33. The lowest BCUT2D eigenvalue weighted by Gasteiger charge is -2.12. The Bertz CT molecular complexity index is 422. The van der Waals surface area contributed by atoms with Gasteiger partial charge in [-0.05, 0) is 6.42 Å². The average Bonchev–Trinajstić information content (AvgIpc) is 2.34. The van der Waals surface area contributed by atoms with Gasteiger partial charge >= 0.3 is 0 Å². The number of nitrogens with one attached hydrogen (secondary N) is 1. The van der Waals surface area contributed by atoms with Crippen molar-refractivity contribution in [2.75, 3.05) is 18.5 Å². The molecule has 0 aromatic carbocycles. The lowest BCUT2D eigenvalue weighted by molar-refractivity contribution is 0.105. The van der Waals surface area contributed by atoms with Crippen molar-refractivity contribution < 1.29 is 10.2 Å². The molecule has 1 aromatic heterocycles. The highest BCUT2D eigenvalue weighted by molar-refractivity contribution is 6.32.